The lowest BCUT2D eigenvalue weighted by Crippen LogP contribution is -2.48. The Balaban J connectivity index is 1.90. The van der Waals surface area contributed by atoms with Gasteiger partial charge in [0.25, 0.3) is 5.91 Å². The number of likely N-dealkylation sites (N-methyl/N-ethyl adjacent to an activating group) is 1. The van der Waals surface area contributed by atoms with E-state index < -0.39 is 0 Å². The van der Waals surface area contributed by atoms with Crippen molar-refractivity contribution in [1.82, 2.24) is 14.4 Å². The van der Waals surface area contributed by atoms with Crippen LogP contribution in [0.25, 0.3) is 11.1 Å². The highest BCUT2D eigenvalue weighted by Gasteiger charge is 2.25. The predicted octanol–water partition coefficient (Wildman–Crippen LogP) is 2.90. The van der Waals surface area contributed by atoms with Crippen LogP contribution in [0.5, 0.6) is 0 Å². The van der Waals surface area contributed by atoms with Crippen LogP contribution in [-0.4, -0.2) is 53.0 Å². The van der Waals surface area contributed by atoms with Gasteiger partial charge in [0, 0.05) is 44.9 Å². The Hall–Kier alpha value is -2.01. The van der Waals surface area contributed by atoms with Gasteiger partial charge >= 0.3 is 0 Å². The average Bonchev–Trinajstić information content (AvgIpc) is 3.04. The Kier molecular flexibility index (Phi) is 4.31. The number of nitrogens with zero attached hydrogens (tertiary/aromatic N) is 3. The molecular weight excluding hydrogens is 290 g/mol. The number of amides is 1. The van der Waals surface area contributed by atoms with Gasteiger partial charge in [0.1, 0.15) is 11.5 Å². The summed E-state index contributed by atoms with van der Waals surface area (Å²) in [6.45, 7) is 15.2. The summed E-state index contributed by atoms with van der Waals surface area (Å²) in [6, 6.07) is 3.86. The van der Waals surface area contributed by atoms with Gasteiger partial charge in [-0.15, -0.1) is 0 Å². The Labute approximate surface area is 137 Å². The molecular formula is C18H25N3O2. The van der Waals surface area contributed by atoms with Crippen molar-refractivity contribution < 1.29 is 9.21 Å². The fourth-order valence-electron chi connectivity index (χ4n) is 3.21. The summed E-state index contributed by atoms with van der Waals surface area (Å²) in [4.78, 5) is 17.3. The highest BCUT2D eigenvalue weighted by Crippen LogP contribution is 2.25. The van der Waals surface area contributed by atoms with E-state index >= 15 is 0 Å². The molecule has 3 rings (SSSR count). The Morgan fingerprint density at radius 1 is 1.26 bits per heavy atom. The van der Waals surface area contributed by atoms with Crippen molar-refractivity contribution in [3.05, 3.63) is 35.7 Å². The lowest BCUT2D eigenvalue weighted by molar-refractivity contribution is 0.0633. The number of furan rings is 1. The number of aromatic nitrogens is 1. The average molecular weight is 315 g/mol. The predicted molar refractivity (Wildman–Crippen MR) is 91.8 cm³/mol. The third-order valence-corrected chi connectivity index (χ3v) is 4.47. The number of rotatable bonds is 4. The molecule has 1 aliphatic rings. The Morgan fingerprint density at radius 2 is 1.96 bits per heavy atom. The summed E-state index contributed by atoms with van der Waals surface area (Å²) in [5.74, 6) is 0.951. The number of hydrogen-bond donors (Lipinski definition) is 0. The van der Waals surface area contributed by atoms with Crippen LogP contribution in [0.3, 0.4) is 0 Å². The van der Waals surface area contributed by atoms with Gasteiger partial charge in [-0.3, -0.25) is 4.79 Å². The molecule has 0 aliphatic carbocycles. The van der Waals surface area contributed by atoms with E-state index in [2.05, 4.69) is 18.4 Å². The molecule has 0 unspecified atom stereocenters. The van der Waals surface area contributed by atoms with E-state index in [0.717, 1.165) is 55.2 Å². The summed E-state index contributed by atoms with van der Waals surface area (Å²) in [6.07, 6.45) is 0. The van der Waals surface area contributed by atoms with Crippen molar-refractivity contribution in [2.45, 2.75) is 27.3 Å². The van der Waals surface area contributed by atoms with Crippen LogP contribution in [0.4, 0.5) is 0 Å². The number of carbonyl (C=O) groups is 1. The maximum Gasteiger partial charge on any atom is 0.270 e. The van der Waals surface area contributed by atoms with Crippen molar-refractivity contribution in [3.8, 4) is 0 Å². The van der Waals surface area contributed by atoms with Crippen LogP contribution >= 0.6 is 0 Å². The van der Waals surface area contributed by atoms with Crippen molar-refractivity contribution in [1.29, 1.82) is 0 Å². The summed E-state index contributed by atoms with van der Waals surface area (Å²) in [5, 5.41) is 0. The Morgan fingerprint density at radius 3 is 2.57 bits per heavy atom. The number of aryl methyl sites for hydroxylation is 1. The Bertz CT molecular complexity index is 733. The van der Waals surface area contributed by atoms with Crippen molar-refractivity contribution in [2.75, 3.05) is 32.7 Å². The molecule has 5 nitrogen and oxygen atoms in total. The molecule has 0 radical (unpaired) electrons. The van der Waals surface area contributed by atoms with E-state index in [9.17, 15) is 4.79 Å². The minimum Gasteiger partial charge on any atom is -0.460 e. The van der Waals surface area contributed by atoms with Gasteiger partial charge in [0.2, 0.25) is 0 Å². The van der Waals surface area contributed by atoms with Crippen LogP contribution in [0.15, 0.2) is 28.7 Å². The van der Waals surface area contributed by atoms with E-state index in [-0.39, 0.29) is 5.91 Å². The molecule has 0 N–H and O–H groups in total. The molecule has 0 atom stereocenters. The molecule has 124 valence electrons. The third kappa shape index (κ3) is 3.06. The first kappa shape index (κ1) is 15.9. The number of hydrogen-bond acceptors (Lipinski definition) is 3. The van der Waals surface area contributed by atoms with Gasteiger partial charge in [0.05, 0.1) is 5.52 Å². The molecule has 0 spiro atoms. The molecule has 1 saturated heterocycles. The minimum absolute atomic E-state index is 0.0889. The second-order valence-corrected chi connectivity index (χ2v) is 6.41. The zero-order valence-corrected chi connectivity index (χ0v) is 14.3. The number of carbonyl (C=O) groups excluding carboxylic acids is 1. The van der Waals surface area contributed by atoms with Crippen LogP contribution in [0.1, 0.15) is 30.1 Å². The number of piperazine rings is 1. The SMILES string of the molecule is C=C(C)Cn1c(C(=O)N2CCN(CC)CC2)cc2oc(C)cc21. The van der Waals surface area contributed by atoms with E-state index in [4.69, 9.17) is 4.42 Å². The first-order valence-corrected chi connectivity index (χ1v) is 8.25. The first-order chi connectivity index (χ1) is 11.0. The third-order valence-electron chi connectivity index (χ3n) is 4.47. The maximum atomic E-state index is 13.0. The molecule has 2 aromatic rings. The van der Waals surface area contributed by atoms with Crippen LogP contribution in [-0.2, 0) is 6.54 Å². The molecule has 3 heterocycles. The zero-order valence-electron chi connectivity index (χ0n) is 14.3. The molecule has 0 aromatic carbocycles. The summed E-state index contributed by atoms with van der Waals surface area (Å²) in [5.41, 5.74) is 3.47. The summed E-state index contributed by atoms with van der Waals surface area (Å²) >= 11 is 0. The topological polar surface area (TPSA) is 41.6 Å². The highest BCUT2D eigenvalue weighted by molar-refractivity contribution is 5.97. The monoisotopic (exact) mass is 315 g/mol. The van der Waals surface area contributed by atoms with Crippen LogP contribution < -0.4 is 0 Å². The van der Waals surface area contributed by atoms with Gasteiger partial charge in [-0.1, -0.05) is 19.1 Å². The molecule has 1 aliphatic heterocycles. The first-order valence-electron chi connectivity index (χ1n) is 8.25. The van der Waals surface area contributed by atoms with E-state index in [1.54, 1.807) is 0 Å². The van der Waals surface area contributed by atoms with E-state index in [1.807, 2.05) is 35.4 Å². The smallest absolute Gasteiger partial charge is 0.270 e. The molecule has 2 aromatic heterocycles. The maximum absolute atomic E-state index is 13.0. The lowest BCUT2D eigenvalue weighted by Gasteiger charge is -2.34. The second kappa shape index (κ2) is 6.24. The van der Waals surface area contributed by atoms with Crippen molar-refractivity contribution >= 4 is 17.0 Å². The van der Waals surface area contributed by atoms with Gasteiger partial charge in [-0.05, 0) is 20.4 Å². The highest BCUT2D eigenvalue weighted by atomic mass is 16.3. The van der Waals surface area contributed by atoms with Gasteiger partial charge in [-0.25, -0.2) is 0 Å². The minimum atomic E-state index is 0.0889. The summed E-state index contributed by atoms with van der Waals surface area (Å²) < 4.78 is 7.74. The van der Waals surface area contributed by atoms with Crippen molar-refractivity contribution in [2.24, 2.45) is 0 Å². The summed E-state index contributed by atoms with van der Waals surface area (Å²) in [7, 11) is 0. The number of allylic oxidation sites excluding steroid dienone is 1. The normalized spacial score (nSPS) is 16.2. The fraction of sp³-hybridized carbons (Fsp3) is 0.500. The lowest BCUT2D eigenvalue weighted by atomic mass is 10.2. The van der Waals surface area contributed by atoms with E-state index in [0.29, 0.717) is 12.2 Å². The van der Waals surface area contributed by atoms with Crippen LogP contribution in [0, 0.1) is 6.92 Å². The van der Waals surface area contributed by atoms with Gasteiger partial charge in [-0.2, -0.15) is 0 Å². The van der Waals surface area contributed by atoms with Crippen molar-refractivity contribution in [3.63, 3.8) is 0 Å². The van der Waals surface area contributed by atoms with Crippen LogP contribution in [0.2, 0.25) is 0 Å². The fourth-order valence-corrected chi connectivity index (χ4v) is 3.21. The molecule has 23 heavy (non-hydrogen) atoms. The van der Waals surface area contributed by atoms with Gasteiger partial charge < -0.3 is 18.8 Å². The molecule has 0 bridgehead atoms. The quantitative estimate of drug-likeness (QED) is 0.815. The zero-order chi connectivity index (χ0) is 16.6. The largest absolute Gasteiger partial charge is 0.460 e. The molecule has 5 heteroatoms. The van der Waals surface area contributed by atoms with E-state index in [1.165, 1.54) is 0 Å². The van der Waals surface area contributed by atoms with Gasteiger partial charge in [0.15, 0.2) is 5.58 Å². The molecule has 0 saturated carbocycles. The number of fused-ring (bicyclic) bond motifs is 1. The molecule has 1 amide bonds. The molecule has 1 fully saturated rings. The second-order valence-electron chi connectivity index (χ2n) is 6.41. The standard InChI is InChI=1S/C18H25N3O2/c1-5-19-6-8-20(9-7-19)18(22)16-11-17-15(10-14(4)23-17)21(16)12-13(2)3/h10-11H,2,5-9,12H2,1,3-4H3.